The van der Waals surface area contributed by atoms with Gasteiger partial charge in [-0.3, -0.25) is 9.69 Å². The number of cyclic esters (lactones) is 1. The van der Waals surface area contributed by atoms with Gasteiger partial charge in [0.25, 0.3) is 5.91 Å². The fraction of sp³-hybridized carbons (Fsp3) is 0.259. The lowest BCUT2D eigenvalue weighted by molar-refractivity contribution is -0.157. The second-order valence-corrected chi connectivity index (χ2v) is 8.88. The molecule has 0 N–H and O–H groups in total. The molecule has 1 atom stereocenters. The summed E-state index contributed by atoms with van der Waals surface area (Å²) in [6.07, 6.45) is -1.53. The summed E-state index contributed by atoms with van der Waals surface area (Å²) < 4.78 is 35.5. The number of rotatable bonds is 5. The molecule has 1 saturated heterocycles. The third-order valence-corrected chi connectivity index (χ3v) is 6.65. The molecule has 3 aromatic carbocycles. The highest BCUT2D eigenvalue weighted by molar-refractivity contribution is 5.87. The fourth-order valence-electron chi connectivity index (χ4n) is 5.33. The molecule has 1 fully saturated rings. The lowest BCUT2D eigenvalue weighted by Gasteiger charge is -2.43. The number of ether oxygens (including phenoxy) is 1. The van der Waals surface area contributed by atoms with E-state index in [0.717, 1.165) is 32.7 Å². The summed E-state index contributed by atoms with van der Waals surface area (Å²) in [5, 5.41) is 0. The van der Waals surface area contributed by atoms with Crippen LogP contribution in [0.5, 0.6) is 0 Å². The standard InChI is InChI=1S/C27H24F2N2O3/c1-30(2)24(32)26(28,29)16-19-17-34-25(33)31(19)27(18-10-4-3-5-11-18)22-14-8-6-12-20(22)21-13-7-9-15-23(21)27/h3-15,19H,16-17H2,1-2H3. The van der Waals surface area contributed by atoms with Gasteiger partial charge >= 0.3 is 12.0 Å². The van der Waals surface area contributed by atoms with Gasteiger partial charge in [-0.05, 0) is 27.8 Å². The van der Waals surface area contributed by atoms with Crippen LogP contribution in [0, 0.1) is 0 Å². The Morgan fingerprint density at radius 2 is 1.50 bits per heavy atom. The minimum absolute atomic E-state index is 0.228. The summed E-state index contributed by atoms with van der Waals surface area (Å²) in [6.45, 7) is -0.228. The van der Waals surface area contributed by atoms with Crippen LogP contribution < -0.4 is 0 Å². The third kappa shape index (κ3) is 3.10. The van der Waals surface area contributed by atoms with Gasteiger partial charge in [0, 0.05) is 20.5 Å². The first kappa shape index (κ1) is 22.1. The van der Waals surface area contributed by atoms with Gasteiger partial charge in [-0.2, -0.15) is 8.78 Å². The SMILES string of the molecule is CN(C)C(=O)C(F)(F)CC1COC(=O)N1C1(c2ccccc2)c2ccccc2-c2ccccc21. The maximum absolute atomic E-state index is 15.0. The van der Waals surface area contributed by atoms with Crippen molar-refractivity contribution in [3.05, 3.63) is 95.6 Å². The van der Waals surface area contributed by atoms with E-state index in [1.165, 1.54) is 19.0 Å². The lowest BCUT2D eigenvalue weighted by Crippen LogP contribution is -2.54. The van der Waals surface area contributed by atoms with Gasteiger partial charge in [-0.1, -0.05) is 78.9 Å². The largest absolute Gasteiger partial charge is 0.447 e. The van der Waals surface area contributed by atoms with Crippen molar-refractivity contribution in [1.29, 1.82) is 0 Å². The van der Waals surface area contributed by atoms with Crippen molar-refractivity contribution in [2.45, 2.75) is 23.9 Å². The molecule has 5 nitrogen and oxygen atoms in total. The molecule has 174 valence electrons. The zero-order valence-electron chi connectivity index (χ0n) is 18.9. The minimum Gasteiger partial charge on any atom is -0.447 e. The van der Waals surface area contributed by atoms with Gasteiger partial charge in [-0.15, -0.1) is 0 Å². The number of carbonyl (C=O) groups excluding carboxylic acids is 2. The molecule has 2 aliphatic rings. The van der Waals surface area contributed by atoms with E-state index in [-0.39, 0.29) is 6.61 Å². The molecule has 0 radical (unpaired) electrons. The Kier molecular flexibility index (Phi) is 5.15. The Balaban J connectivity index is 1.75. The van der Waals surface area contributed by atoms with Crippen LogP contribution in [-0.2, 0) is 15.1 Å². The van der Waals surface area contributed by atoms with Crippen LogP contribution >= 0.6 is 0 Å². The van der Waals surface area contributed by atoms with E-state index in [9.17, 15) is 9.59 Å². The predicted molar refractivity (Wildman–Crippen MR) is 123 cm³/mol. The first-order valence-electron chi connectivity index (χ1n) is 11.1. The van der Waals surface area contributed by atoms with Crippen molar-refractivity contribution in [3.63, 3.8) is 0 Å². The molecule has 3 aromatic rings. The molecule has 1 unspecified atom stereocenters. The molecule has 0 saturated carbocycles. The van der Waals surface area contributed by atoms with Gasteiger partial charge in [0.2, 0.25) is 0 Å². The van der Waals surface area contributed by atoms with Crippen LogP contribution in [0.3, 0.4) is 0 Å². The molecule has 34 heavy (non-hydrogen) atoms. The fourth-order valence-corrected chi connectivity index (χ4v) is 5.33. The molecule has 5 rings (SSSR count). The normalized spacial score (nSPS) is 18.3. The number of carbonyl (C=O) groups is 2. The number of hydrogen-bond donors (Lipinski definition) is 0. The predicted octanol–water partition coefficient (Wildman–Crippen LogP) is 4.89. The molecule has 7 heteroatoms. The van der Waals surface area contributed by atoms with E-state index in [4.69, 9.17) is 4.74 Å². The van der Waals surface area contributed by atoms with Crippen LogP contribution in [0.1, 0.15) is 23.1 Å². The Bertz CT molecular complexity index is 1210. The van der Waals surface area contributed by atoms with Gasteiger partial charge in [0.05, 0.1) is 6.04 Å². The molecule has 2 amide bonds. The first-order chi connectivity index (χ1) is 16.3. The van der Waals surface area contributed by atoms with Crippen LogP contribution in [0.4, 0.5) is 13.6 Å². The molecular weight excluding hydrogens is 438 g/mol. The Morgan fingerprint density at radius 1 is 0.971 bits per heavy atom. The molecule has 1 aliphatic heterocycles. The quantitative estimate of drug-likeness (QED) is 0.542. The smallest absolute Gasteiger partial charge is 0.411 e. The van der Waals surface area contributed by atoms with Gasteiger partial charge < -0.3 is 9.64 Å². The number of hydrogen-bond acceptors (Lipinski definition) is 3. The lowest BCUT2D eigenvalue weighted by atomic mass is 9.78. The Labute approximate surface area is 196 Å². The maximum Gasteiger partial charge on any atom is 0.411 e. The zero-order chi connectivity index (χ0) is 24.1. The Morgan fingerprint density at radius 3 is 2.06 bits per heavy atom. The number of alkyl halides is 2. The van der Waals surface area contributed by atoms with E-state index < -0.39 is 35.9 Å². The van der Waals surface area contributed by atoms with Crippen molar-refractivity contribution < 1.29 is 23.1 Å². The second kappa shape index (κ2) is 7.94. The number of fused-ring (bicyclic) bond motifs is 3. The zero-order valence-corrected chi connectivity index (χ0v) is 18.9. The second-order valence-electron chi connectivity index (χ2n) is 8.88. The molecule has 0 aromatic heterocycles. The van der Waals surface area contributed by atoms with E-state index in [2.05, 4.69) is 0 Å². The summed E-state index contributed by atoms with van der Waals surface area (Å²) >= 11 is 0. The van der Waals surface area contributed by atoms with Crippen molar-refractivity contribution in [3.8, 4) is 11.1 Å². The topological polar surface area (TPSA) is 49.9 Å². The monoisotopic (exact) mass is 462 g/mol. The van der Waals surface area contributed by atoms with E-state index in [0.29, 0.717) is 0 Å². The minimum atomic E-state index is -3.66. The average molecular weight is 462 g/mol. The molecule has 0 bridgehead atoms. The van der Waals surface area contributed by atoms with E-state index in [1.54, 1.807) is 0 Å². The van der Waals surface area contributed by atoms with Crippen LogP contribution in [0.2, 0.25) is 0 Å². The van der Waals surface area contributed by atoms with Gasteiger partial charge in [0.15, 0.2) is 0 Å². The highest BCUT2D eigenvalue weighted by Gasteiger charge is 2.58. The number of halogens is 2. The van der Waals surface area contributed by atoms with Crippen LogP contribution in [0.15, 0.2) is 78.9 Å². The van der Waals surface area contributed by atoms with Crippen molar-refractivity contribution in [2.75, 3.05) is 20.7 Å². The summed E-state index contributed by atoms with van der Waals surface area (Å²) in [6, 6.07) is 23.7. The first-order valence-corrected chi connectivity index (χ1v) is 11.1. The molecular formula is C27H24F2N2O3. The van der Waals surface area contributed by atoms with Gasteiger partial charge in [-0.25, -0.2) is 4.79 Å². The third-order valence-electron chi connectivity index (χ3n) is 6.65. The Hall–Kier alpha value is -3.74. The summed E-state index contributed by atoms with van der Waals surface area (Å²) in [7, 11) is 2.58. The van der Waals surface area contributed by atoms with E-state index >= 15 is 8.78 Å². The summed E-state index contributed by atoms with van der Waals surface area (Å²) in [5.41, 5.74) is 3.07. The molecule has 1 heterocycles. The van der Waals surface area contributed by atoms with Crippen LogP contribution in [0.25, 0.3) is 11.1 Å². The summed E-state index contributed by atoms with van der Waals surface area (Å²) in [4.78, 5) is 27.9. The highest BCUT2D eigenvalue weighted by atomic mass is 19.3. The highest BCUT2D eigenvalue weighted by Crippen LogP contribution is 2.56. The van der Waals surface area contributed by atoms with Crippen molar-refractivity contribution in [1.82, 2.24) is 9.80 Å². The average Bonchev–Trinajstić information content (AvgIpc) is 3.34. The number of amides is 2. The van der Waals surface area contributed by atoms with Crippen molar-refractivity contribution in [2.24, 2.45) is 0 Å². The van der Waals surface area contributed by atoms with Gasteiger partial charge in [0.1, 0.15) is 12.1 Å². The number of benzene rings is 3. The van der Waals surface area contributed by atoms with E-state index in [1.807, 2.05) is 78.9 Å². The molecule has 0 spiro atoms. The summed E-state index contributed by atoms with van der Waals surface area (Å²) in [5.74, 6) is -4.96. The van der Waals surface area contributed by atoms with Crippen LogP contribution in [-0.4, -0.2) is 54.5 Å². The molecule has 1 aliphatic carbocycles. The maximum atomic E-state index is 15.0. The van der Waals surface area contributed by atoms with Crippen molar-refractivity contribution >= 4 is 12.0 Å². The number of nitrogens with zero attached hydrogens (tertiary/aromatic N) is 2.